The average Bonchev–Trinajstić information content (AvgIpc) is 2.72. The third kappa shape index (κ3) is 4.07. The van der Waals surface area contributed by atoms with Crippen LogP contribution in [-0.2, 0) is 6.42 Å². The van der Waals surface area contributed by atoms with E-state index in [1.165, 1.54) is 4.68 Å². The van der Waals surface area contributed by atoms with Gasteiger partial charge in [0.25, 0.3) is 5.56 Å². The summed E-state index contributed by atoms with van der Waals surface area (Å²) < 4.78 is 12.9. The fraction of sp³-hybridized carbons (Fsp3) is 0.190. The molecule has 0 aliphatic rings. The Morgan fingerprint density at radius 1 is 1.29 bits per heavy atom. The van der Waals surface area contributed by atoms with E-state index in [2.05, 4.69) is 31.9 Å². The summed E-state index contributed by atoms with van der Waals surface area (Å²) in [7, 11) is 1.55. The van der Waals surface area contributed by atoms with Gasteiger partial charge in [0, 0.05) is 10.9 Å². The lowest BCUT2D eigenvalue weighted by Crippen LogP contribution is -2.22. The van der Waals surface area contributed by atoms with E-state index in [4.69, 9.17) is 15.9 Å². The van der Waals surface area contributed by atoms with Crippen LogP contribution >= 0.6 is 15.9 Å². The minimum atomic E-state index is -0.222. The number of hydrogen-bond acceptors (Lipinski definition) is 5. The zero-order valence-electron chi connectivity index (χ0n) is 15.5. The first-order valence-electron chi connectivity index (χ1n) is 8.57. The van der Waals surface area contributed by atoms with E-state index >= 15 is 0 Å². The zero-order valence-corrected chi connectivity index (χ0v) is 17.1. The highest BCUT2D eigenvalue weighted by Crippen LogP contribution is 2.27. The number of hydrogen-bond donors (Lipinski definition) is 0. The Balaban J connectivity index is 2.02. The monoisotopic (exact) mass is 439 g/mol. The van der Waals surface area contributed by atoms with Gasteiger partial charge in [0.2, 0.25) is 0 Å². The van der Waals surface area contributed by atoms with Crippen LogP contribution in [0.25, 0.3) is 10.9 Å². The molecule has 142 valence electrons. The number of methoxy groups -OCH3 is 1. The average molecular weight is 440 g/mol. The third-order valence-corrected chi connectivity index (χ3v) is 4.51. The number of ether oxygens (including phenoxy) is 2. The molecule has 2 aromatic carbocycles. The zero-order chi connectivity index (χ0) is 20.1. The van der Waals surface area contributed by atoms with E-state index in [0.29, 0.717) is 34.6 Å². The van der Waals surface area contributed by atoms with Crippen LogP contribution in [0.4, 0.5) is 0 Å². The highest BCUT2D eigenvalue weighted by atomic mass is 79.9. The second-order valence-corrected chi connectivity index (χ2v) is 6.72. The maximum Gasteiger partial charge on any atom is 0.282 e. The molecule has 3 rings (SSSR count). The second kappa shape index (κ2) is 8.72. The highest BCUT2D eigenvalue weighted by Gasteiger charge is 2.10. The Labute approximate surface area is 170 Å². The number of fused-ring (bicyclic) bond motifs is 1. The summed E-state index contributed by atoms with van der Waals surface area (Å²) in [4.78, 5) is 17.5. The van der Waals surface area contributed by atoms with E-state index in [1.807, 2.05) is 19.1 Å². The summed E-state index contributed by atoms with van der Waals surface area (Å²) in [6.45, 7) is 2.08. The van der Waals surface area contributed by atoms with Gasteiger partial charge in [-0.05, 0) is 42.0 Å². The fourth-order valence-electron chi connectivity index (χ4n) is 2.67. The first-order chi connectivity index (χ1) is 13.6. The van der Waals surface area contributed by atoms with Crippen LogP contribution in [0.15, 0.2) is 50.8 Å². The fourth-order valence-corrected chi connectivity index (χ4v) is 3.03. The first kappa shape index (κ1) is 19.6. The van der Waals surface area contributed by atoms with Crippen molar-refractivity contribution in [2.24, 2.45) is 5.10 Å². The number of terminal acetylenes is 1. The summed E-state index contributed by atoms with van der Waals surface area (Å²) in [6.07, 6.45) is 7.38. The molecule has 3 aromatic rings. The Hall–Kier alpha value is -3.11. The molecule has 1 aromatic heterocycles. The van der Waals surface area contributed by atoms with Crippen molar-refractivity contribution in [1.29, 1.82) is 0 Å². The molecule has 0 bridgehead atoms. The molecule has 0 unspecified atom stereocenters. The molecule has 28 heavy (non-hydrogen) atoms. The van der Waals surface area contributed by atoms with Crippen LogP contribution in [0.5, 0.6) is 11.5 Å². The van der Waals surface area contributed by atoms with Crippen LogP contribution in [-0.4, -0.2) is 29.6 Å². The quantitative estimate of drug-likeness (QED) is 0.434. The maximum absolute atomic E-state index is 12.9. The van der Waals surface area contributed by atoms with Gasteiger partial charge >= 0.3 is 0 Å². The molecule has 0 radical (unpaired) electrons. The smallest absolute Gasteiger partial charge is 0.282 e. The van der Waals surface area contributed by atoms with Gasteiger partial charge in [0.05, 0.1) is 24.2 Å². The van der Waals surface area contributed by atoms with Gasteiger partial charge in [-0.25, -0.2) is 4.98 Å². The van der Waals surface area contributed by atoms with Crippen molar-refractivity contribution in [2.45, 2.75) is 13.3 Å². The Morgan fingerprint density at radius 3 is 2.82 bits per heavy atom. The van der Waals surface area contributed by atoms with Gasteiger partial charge in [0.1, 0.15) is 12.4 Å². The SMILES string of the molecule is C#CCOc1ccc(C=Nn2c(CC)nc3ccc(Br)cc3c2=O)cc1OC. The topological polar surface area (TPSA) is 65.7 Å². The van der Waals surface area contributed by atoms with E-state index in [1.54, 1.807) is 37.6 Å². The van der Waals surface area contributed by atoms with E-state index in [0.717, 1.165) is 10.0 Å². The molecule has 0 aliphatic carbocycles. The van der Waals surface area contributed by atoms with Crippen LogP contribution in [0.2, 0.25) is 0 Å². The number of aromatic nitrogens is 2. The molecule has 0 saturated carbocycles. The minimum Gasteiger partial charge on any atom is -0.493 e. The lowest BCUT2D eigenvalue weighted by Gasteiger charge is -2.10. The number of halogens is 1. The van der Waals surface area contributed by atoms with Crippen molar-refractivity contribution >= 4 is 33.0 Å². The first-order valence-corrected chi connectivity index (χ1v) is 9.36. The number of aryl methyl sites for hydroxylation is 1. The summed E-state index contributed by atoms with van der Waals surface area (Å²) in [6, 6.07) is 10.7. The van der Waals surface area contributed by atoms with Crippen molar-refractivity contribution in [3.05, 3.63) is 62.6 Å². The molecule has 0 aliphatic heterocycles. The van der Waals surface area contributed by atoms with Gasteiger partial charge < -0.3 is 9.47 Å². The van der Waals surface area contributed by atoms with Crippen LogP contribution < -0.4 is 15.0 Å². The highest BCUT2D eigenvalue weighted by molar-refractivity contribution is 9.10. The number of nitrogens with zero attached hydrogens (tertiary/aromatic N) is 3. The number of benzene rings is 2. The van der Waals surface area contributed by atoms with Gasteiger partial charge in [-0.2, -0.15) is 9.78 Å². The molecule has 7 heteroatoms. The predicted molar refractivity (Wildman–Crippen MR) is 113 cm³/mol. The molecule has 6 nitrogen and oxygen atoms in total. The summed E-state index contributed by atoms with van der Waals surface area (Å²) >= 11 is 3.39. The molecule has 0 atom stereocenters. The van der Waals surface area contributed by atoms with Crippen molar-refractivity contribution < 1.29 is 9.47 Å². The summed E-state index contributed by atoms with van der Waals surface area (Å²) in [5.41, 5.74) is 1.17. The molecular weight excluding hydrogens is 422 g/mol. The lowest BCUT2D eigenvalue weighted by atomic mass is 10.2. The minimum absolute atomic E-state index is 0.150. The van der Waals surface area contributed by atoms with Crippen LogP contribution in [0.1, 0.15) is 18.3 Å². The van der Waals surface area contributed by atoms with Crippen molar-refractivity contribution in [3.63, 3.8) is 0 Å². The molecule has 0 fully saturated rings. The Bertz CT molecular complexity index is 1150. The largest absolute Gasteiger partial charge is 0.493 e. The van der Waals surface area contributed by atoms with E-state index in [-0.39, 0.29) is 12.2 Å². The molecule has 0 amide bonds. The van der Waals surface area contributed by atoms with Crippen LogP contribution in [0.3, 0.4) is 0 Å². The van der Waals surface area contributed by atoms with Gasteiger partial charge in [0.15, 0.2) is 11.5 Å². The molecule has 0 N–H and O–H groups in total. The molecule has 1 heterocycles. The molecule has 0 saturated heterocycles. The lowest BCUT2D eigenvalue weighted by molar-refractivity contribution is 0.331. The number of rotatable bonds is 6. The predicted octanol–water partition coefficient (Wildman–Crippen LogP) is 3.62. The van der Waals surface area contributed by atoms with E-state index in [9.17, 15) is 4.79 Å². The van der Waals surface area contributed by atoms with Crippen LogP contribution in [0, 0.1) is 12.3 Å². The van der Waals surface area contributed by atoms with Gasteiger partial charge in [-0.15, -0.1) is 6.42 Å². The summed E-state index contributed by atoms with van der Waals surface area (Å²) in [5, 5.41) is 4.87. The maximum atomic E-state index is 12.9. The molecule has 0 spiro atoms. The third-order valence-electron chi connectivity index (χ3n) is 4.01. The summed E-state index contributed by atoms with van der Waals surface area (Å²) in [5.74, 6) is 4.07. The van der Waals surface area contributed by atoms with Gasteiger partial charge in [-0.1, -0.05) is 28.8 Å². The van der Waals surface area contributed by atoms with Crippen molar-refractivity contribution in [1.82, 2.24) is 9.66 Å². The Kier molecular flexibility index (Phi) is 6.12. The van der Waals surface area contributed by atoms with Crippen molar-refractivity contribution in [2.75, 3.05) is 13.7 Å². The second-order valence-electron chi connectivity index (χ2n) is 5.81. The standard InChI is InChI=1S/C21H18BrN3O3/c1-4-10-28-18-9-6-14(11-19(18)27-3)13-23-25-20(5-2)24-17-8-7-15(22)12-16(17)21(25)26/h1,6-9,11-13H,5,10H2,2-3H3. The molecular formula is C21H18BrN3O3. The van der Waals surface area contributed by atoms with Crippen molar-refractivity contribution in [3.8, 4) is 23.8 Å². The Morgan fingerprint density at radius 2 is 2.11 bits per heavy atom. The normalized spacial score (nSPS) is 10.9. The van der Waals surface area contributed by atoms with E-state index < -0.39 is 0 Å². The van der Waals surface area contributed by atoms with Gasteiger partial charge in [-0.3, -0.25) is 4.79 Å².